The summed E-state index contributed by atoms with van der Waals surface area (Å²) in [6, 6.07) is 17.4. The second-order valence-electron chi connectivity index (χ2n) is 6.80. The SMILES string of the molecule is O=C(Oc1c(Br)cc(Br)cc1/C=N\NC(=O)[C@H]1COc2ccccc2O1)c1cccc(Br)c1. The van der Waals surface area contributed by atoms with Gasteiger partial charge in [0.25, 0.3) is 5.91 Å². The lowest BCUT2D eigenvalue weighted by Crippen LogP contribution is -2.42. The molecule has 1 amide bonds. The largest absolute Gasteiger partial charge is 0.485 e. The lowest BCUT2D eigenvalue weighted by molar-refractivity contribution is -0.130. The first kappa shape index (κ1) is 23.5. The molecule has 0 unspecified atom stereocenters. The number of hydrazone groups is 1. The van der Waals surface area contributed by atoms with Crippen LogP contribution in [0.4, 0.5) is 0 Å². The van der Waals surface area contributed by atoms with Crippen LogP contribution >= 0.6 is 47.8 Å². The lowest BCUT2D eigenvalue weighted by atomic mass is 10.2. The van der Waals surface area contributed by atoms with E-state index in [1.54, 1.807) is 48.5 Å². The monoisotopic (exact) mass is 636 g/mol. The van der Waals surface area contributed by atoms with Crippen molar-refractivity contribution in [3.8, 4) is 17.2 Å². The molecule has 0 fully saturated rings. The molecular weight excluding hydrogens is 624 g/mol. The van der Waals surface area contributed by atoms with Crippen LogP contribution in [0.5, 0.6) is 17.2 Å². The fourth-order valence-corrected chi connectivity index (χ4v) is 4.68. The summed E-state index contributed by atoms with van der Waals surface area (Å²) in [4.78, 5) is 25.1. The van der Waals surface area contributed by atoms with Gasteiger partial charge in [-0.15, -0.1) is 0 Å². The Balaban J connectivity index is 1.47. The van der Waals surface area contributed by atoms with Gasteiger partial charge in [0.15, 0.2) is 17.2 Å². The maximum absolute atomic E-state index is 12.6. The van der Waals surface area contributed by atoms with E-state index >= 15 is 0 Å². The number of hydrogen-bond acceptors (Lipinski definition) is 6. The Kier molecular flexibility index (Phi) is 7.46. The van der Waals surface area contributed by atoms with Crippen molar-refractivity contribution in [2.45, 2.75) is 6.10 Å². The lowest BCUT2D eigenvalue weighted by Gasteiger charge is -2.24. The van der Waals surface area contributed by atoms with Gasteiger partial charge in [0.2, 0.25) is 6.10 Å². The van der Waals surface area contributed by atoms with E-state index in [0.29, 0.717) is 27.1 Å². The molecule has 0 bridgehead atoms. The summed E-state index contributed by atoms with van der Waals surface area (Å²) in [5.74, 6) is 0.325. The number of hydrogen-bond donors (Lipinski definition) is 1. The highest BCUT2D eigenvalue weighted by molar-refractivity contribution is 9.11. The molecule has 7 nitrogen and oxygen atoms in total. The number of ether oxygens (including phenoxy) is 3. The van der Waals surface area contributed by atoms with E-state index < -0.39 is 18.0 Å². The van der Waals surface area contributed by atoms with Crippen molar-refractivity contribution < 1.29 is 23.8 Å². The van der Waals surface area contributed by atoms with Crippen LogP contribution in [0.3, 0.4) is 0 Å². The molecule has 0 aromatic heterocycles. The van der Waals surface area contributed by atoms with Crippen molar-refractivity contribution in [3.63, 3.8) is 0 Å². The van der Waals surface area contributed by atoms with Crippen LogP contribution in [0.1, 0.15) is 15.9 Å². The van der Waals surface area contributed by atoms with Crippen LogP contribution in [0.2, 0.25) is 0 Å². The van der Waals surface area contributed by atoms with Gasteiger partial charge >= 0.3 is 5.97 Å². The molecule has 0 aliphatic carbocycles. The Morgan fingerprint density at radius 3 is 2.58 bits per heavy atom. The molecule has 0 saturated carbocycles. The van der Waals surface area contributed by atoms with Gasteiger partial charge in [-0.25, -0.2) is 10.2 Å². The molecule has 4 rings (SSSR count). The number of amides is 1. The standard InChI is InChI=1S/C23H15Br3N2O5/c24-15-5-3-4-13(8-15)23(30)33-21-14(9-16(25)10-17(21)26)11-27-28-22(29)20-12-31-18-6-1-2-7-19(18)32-20/h1-11,20H,12H2,(H,28,29)/b27-11-/t20-/m1/s1. The molecule has 1 atom stereocenters. The third kappa shape index (κ3) is 5.82. The number of nitrogens with one attached hydrogen (secondary N) is 1. The highest BCUT2D eigenvalue weighted by Gasteiger charge is 2.27. The average molecular weight is 639 g/mol. The van der Waals surface area contributed by atoms with Crippen molar-refractivity contribution in [2.75, 3.05) is 6.61 Å². The first-order valence-electron chi connectivity index (χ1n) is 9.59. The maximum Gasteiger partial charge on any atom is 0.343 e. The summed E-state index contributed by atoms with van der Waals surface area (Å²) >= 11 is 10.2. The van der Waals surface area contributed by atoms with Crippen molar-refractivity contribution in [1.29, 1.82) is 0 Å². The van der Waals surface area contributed by atoms with Gasteiger partial charge in [-0.2, -0.15) is 5.10 Å². The van der Waals surface area contributed by atoms with Gasteiger partial charge in [0.1, 0.15) is 6.61 Å². The van der Waals surface area contributed by atoms with E-state index in [-0.39, 0.29) is 12.4 Å². The molecule has 3 aromatic rings. The van der Waals surface area contributed by atoms with Crippen LogP contribution in [0.25, 0.3) is 0 Å². The third-order valence-electron chi connectivity index (χ3n) is 4.47. The average Bonchev–Trinajstić information content (AvgIpc) is 2.80. The predicted molar refractivity (Wildman–Crippen MR) is 133 cm³/mol. The van der Waals surface area contributed by atoms with Gasteiger partial charge in [-0.3, -0.25) is 4.79 Å². The van der Waals surface area contributed by atoms with E-state index in [1.165, 1.54) is 6.21 Å². The summed E-state index contributed by atoms with van der Waals surface area (Å²) < 4.78 is 18.9. The molecule has 168 valence electrons. The first-order chi connectivity index (χ1) is 15.9. The van der Waals surface area contributed by atoms with E-state index in [9.17, 15) is 9.59 Å². The number of carbonyl (C=O) groups excluding carboxylic acids is 2. The Morgan fingerprint density at radius 2 is 1.79 bits per heavy atom. The summed E-state index contributed by atoms with van der Waals surface area (Å²) in [6.07, 6.45) is 0.536. The molecule has 3 aromatic carbocycles. The molecule has 1 aliphatic heterocycles. The van der Waals surface area contributed by atoms with Gasteiger partial charge < -0.3 is 14.2 Å². The fraction of sp³-hybridized carbons (Fsp3) is 0.0870. The number of halogens is 3. The molecule has 0 saturated heterocycles. The smallest absolute Gasteiger partial charge is 0.343 e. The van der Waals surface area contributed by atoms with E-state index in [4.69, 9.17) is 14.2 Å². The van der Waals surface area contributed by atoms with Crippen molar-refractivity contribution >= 4 is 65.9 Å². The highest BCUT2D eigenvalue weighted by atomic mass is 79.9. The van der Waals surface area contributed by atoms with Crippen molar-refractivity contribution in [1.82, 2.24) is 5.43 Å². The van der Waals surface area contributed by atoms with Crippen LogP contribution in [-0.4, -0.2) is 30.8 Å². The van der Waals surface area contributed by atoms with Crippen LogP contribution in [0, 0.1) is 0 Å². The Labute approximate surface area is 214 Å². The number of fused-ring (bicyclic) bond motifs is 1. The summed E-state index contributed by atoms with van der Waals surface area (Å²) in [5.41, 5.74) is 3.28. The number of carbonyl (C=O) groups is 2. The number of nitrogens with zero attached hydrogens (tertiary/aromatic N) is 1. The van der Waals surface area contributed by atoms with Crippen LogP contribution < -0.4 is 19.6 Å². The van der Waals surface area contributed by atoms with Crippen molar-refractivity contribution in [2.24, 2.45) is 5.10 Å². The Morgan fingerprint density at radius 1 is 1.00 bits per heavy atom. The van der Waals surface area contributed by atoms with Gasteiger partial charge in [0, 0.05) is 14.5 Å². The number of esters is 1. The molecule has 10 heteroatoms. The van der Waals surface area contributed by atoms with E-state index in [0.717, 1.165) is 8.95 Å². The molecular formula is C23H15Br3N2O5. The second kappa shape index (κ2) is 10.5. The predicted octanol–water partition coefficient (Wildman–Crippen LogP) is 5.48. The minimum absolute atomic E-state index is 0.0658. The number of para-hydroxylation sites is 2. The number of rotatable bonds is 5. The molecule has 33 heavy (non-hydrogen) atoms. The minimum atomic E-state index is -0.847. The third-order valence-corrected chi connectivity index (χ3v) is 6.01. The minimum Gasteiger partial charge on any atom is -0.485 e. The Bertz CT molecular complexity index is 1250. The van der Waals surface area contributed by atoms with Crippen molar-refractivity contribution in [3.05, 3.63) is 85.2 Å². The zero-order valence-electron chi connectivity index (χ0n) is 16.8. The zero-order valence-corrected chi connectivity index (χ0v) is 21.5. The summed E-state index contributed by atoms with van der Waals surface area (Å²) in [7, 11) is 0. The molecule has 1 heterocycles. The normalized spacial score (nSPS) is 14.7. The molecule has 0 radical (unpaired) electrons. The maximum atomic E-state index is 12.6. The van der Waals surface area contributed by atoms with Gasteiger partial charge in [-0.05, 0) is 58.4 Å². The number of benzene rings is 3. The first-order valence-corrected chi connectivity index (χ1v) is 12.0. The van der Waals surface area contributed by atoms with Crippen LogP contribution in [0.15, 0.2) is 79.2 Å². The topological polar surface area (TPSA) is 86.2 Å². The van der Waals surface area contributed by atoms with E-state index in [1.807, 2.05) is 12.1 Å². The molecule has 0 spiro atoms. The summed E-state index contributed by atoms with van der Waals surface area (Å²) in [6.45, 7) is 0.0658. The van der Waals surface area contributed by atoms with Crippen LogP contribution in [-0.2, 0) is 4.79 Å². The molecule has 1 aliphatic rings. The Hall–Kier alpha value is -2.69. The highest BCUT2D eigenvalue weighted by Crippen LogP contribution is 2.33. The second-order valence-corrected chi connectivity index (χ2v) is 9.49. The van der Waals surface area contributed by atoms with E-state index in [2.05, 4.69) is 58.3 Å². The molecule has 1 N–H and O–H groups in total. The van der Waals surface area contributed by atoms with Gasteiger partial charge in [0.05, 0.1) is 16.3 Å². The quantitative estimate of drug-likeness (QED) is 0.173. The zero-order chi connectivity index (χ0) is 23.4. The fourth-order valence-electron chi connectivity index (χ4n) is 2.94. The van der Waals surface area contributed by atoms with Gasteiger partial charge in [-0.1, -0.05) is 50.1 Å². The summed E-state index contributed by atoms with van der Waals surface area (Å²) in [5, 5.41) is 4.01.